The van der Waals surface area contributed by atoms with Crippen molar-refractivity contribution in [3.8, 4) is 11.5 Å². The van der Waals surface area contributed by atoms with Gasteiger partial charge in [-0.05, 0) is 52.2 Å². The van der Waals surface area contributed by atoms with Gasteiger partial charge in [-0.2, -0.15) is 0 Å². The van der Waals surface area contributed by atoms with Crippen LogP contribution in [0.5, 0.6) is 11.5 Å². The van der Waals surface area contributed by atoms with Gasteiger partial charge in [0.25, 0.3) is 0 Å². The molecule has 0 amide bonds. The van der Waals surface area contributed by atoms with Gasteiger partial charge in [-0.1, -0.05) is 0 Å². The average Bonchev–Trinajstić information content (AvgIpc) is 3.17. The van der Waals surface area contributed by atoms with Gasteiger partial charge in [0.2, 0.25) is 0 Å². The van der Waals surface area contributed by atoms with E-state index in [1.165, 1.54) is 0 Å². The molecule has 0 aliphatic carbocycles. The molecule has 0 aliphatic rings. The zero-order valence-corrected chi connectivity index (χ0v) is 19.5. The van der Waals surface area contributed by atoms with Crippen molar-refractivity contribution >= 4 is 35.6 Å². The third-order valence-corrected chi connectivity index (χ3v) is 3.99. The molecule has 7 nitrogen and oxygen atoms in total. The second-order valence-corrected chi connectivity index (χ2v) is 6.14. The van der Waals surface area contributed by atoms with E-state index in [9.17, 15) is 0 Å². The molecule has 28 heavy (non-hydrogen) atoms. The zero-order chi connectivity index (χ0) is 19.6. The van der Waals surface area contributed by atoms with Crippen molar-refractivity contribution in [2.45, 2.75) is 19.9 Å². The van der Waals surface area contributed by atoms with Gasteiger partial charge in [0.1, 0.15) is 5.76 Å². The first kappa shape index (κ1) is 24.1. The highest BCUT2D eigenvalue weighted by atomic mass is 127. The number of methoxy groups -OCH3 is 1. The fourth-order valence-electron chi connectivity index (χ4n) is 2.63. The van der Waals surface area contributed by atoms with Crippen molar-refractivity contribution in [3.05, 3.63) is 42.4 Å². The molecule has 156 valence electrons. The first-order chi connectivity index (χ1) is 13.1. The monoisotopic (exact) mass is 502 g/mol. The Labute approximate surface area is 184 Å². The minimum absolute atomic E-state index is 0. The van der Waals surface area contributed by atoms with Crippen LogP contribution in [0.3, 0.4) is 0 Å². The molecule has 0 aliphatic heterocycles. The summed E-state index contributed by atoms with van der Waals surface area (Å²) in [5.41, 5.74) is 0.870. The minimum Gasteiger partial charge on any atom is -0.493 e. The predicted octanol–water partition coefficient (Wildman–Crippen LogP) is 3.99. The molecule has 0 radical (unpaired) electrons. The molecular formula is C20H31IN4O3. The summed E-state index contributed by atoms with van der Waals surface area (Å²) in [6.07, 6.45) is 1.69. The number of anilines is 1. The summed E-state index contributed by atoms with van der Waals surface area (Å²) >= 11 is 0. The Morgan fingerprint density at radius 2 is 2.00 bits per heavy atom. The van der Waals surface area contributed by atoms with Crippen molar-refractivity contribution in [2.75, 3.05) is 46.2 Å². The molecule has 2 aromatic rings. The van der Waals surface area contributed by atoms with Gasteiger partial charge in [0.15, 0.2) is 17.5 Å². The van der Waals surface area contributed by atoms with Crippen molar-refractivity contribution in [1.29, 1.82) is 0 Å². The molecule has 1 heterocycles. The maximum absolute atomic E-state index is 5.57. The zero-order valence-electron chi connectivity index (χ0n) is 17.2. The summed E-state index contributed by atoms with van der Waals surface area (Å²) in [6.45, 7) is 5.89. The van der Waals surface area contributed by atoms with Crippen molar-refractivity contribution < 1.29 is 13.9 Å². The number of ether oxygens (including phenoxy) is 2. The molecule has 0 spiro atoms. The fraction of sp³-hybridized carbons (Fsp3) is 0.450. The molecule has 0 fully saturated rings. The highest BCUT2D eigenvalue weighted by molar-refractivity contribution is 14.0. The summed E-state index contributed by atoms with van der Waals surface area (Å²) in [5, 5.41) is 6.58. The topological polar surface area (TPSA) is 71.3 Å². The van der Waals surface area contributed by atoms with Crippen LogP contribution in [0.1, 0.15) is 25.6 Å². The summed E-state index contributed by atoms with van der Waals surface area (Å²) in [4.78, 5) is 6.81. The van der Waals surface area contributed by atoms with Crippen LogP contribution in [0, 0.1) is 0 Å². The van der Waals surface area contributed by atoms with Crippen LogP contribution in [0.15, 0.2) is 46.0 Å². The lowest BCUT2D eigenvalue weighted by Crippen LogP contribution is -2.32. The van der Waals surface area contributed by atoms with Crippen LogP contribution in [0.25, 0.3) is 0 Å². The Morgan fingerprint density at radius 1 is 1.21 bits per heavy atom. The second-order valence-electron chi connectivity index (χ2n) is 6.14. The van der Waals surface area contributed by atoms with E-state index in [0.717, 1.165) is 23.7 Å². The van der Waals surface area contributed by atoms with Gasteiger partial charge >= 0.3 is 0 Å². The number of furan rings is 1. The lowest BCUT2D eigenvalue weighted by Gasteiger charge is -2.21. The second kappa shape index (κ2) is 12.5. The number of aliphatic imine (C=N–C) groups is 1. The number of nitrogens with zero attached hydrogens (tertiary/aromatic N) is 2. The number of guanidine groups is 1. The predicted molar refractivity (Wildman–Crippen MR) is 124 cm³/mol. The normalized spacial score (nSPS) is 12.3. The Hall–Kier alpha value is -1.94. The van der Waals surface area contributed by atoms with E-state index in [-0.39, 0.29) is 30.0 Å². The number of hydrogen-bond donors (Lipinski definition) is 2. The number of halogens is 1. The van der Waals surface area contributed by atoms with Gasteiger partial charge < -0.3 is 24.5 Å². The summed E-state index contributed by atoms with van der Waals surface area (Å²) in [6, 6.07) is 9.65. The SMILES string of the molecule is CCNC(=NCC(c1ccco1)N(C)C)Nc1ccc(OCC)c(OC)c1.I. The van der Waals surface area contributed by atoms with E-state index in [4.69, 9.17) is 18.9 Å². The Bertz CT molecular complexity index is 720. The van der Waals surface area contributed by atoms with Gasteiger partial charge in [-0.15, -0.1) is 24.0 Å². The van der Waals surface area contributed by atoms with Gasteiger partial charge in [-0.3, -0.25) is 9.89 Å². The van der Waals surface area contributed by atoms with Crippen LogP contribution in [0.4, 0.5) is 5.69 Å². The lowest BCUT2D eigenvalue weighted by atomic mass is 10.2. The maximum Gasteiger partial charge on any atom is 0.195 e. The van der Waals surface area contributed by atoms with E-state index >= 15 is 0 Å². The quantitative estimate of drug-likeness (QED) is 0.307. The Kier molecular flexibility index (Phi) is 10.8. The number of likely N-dealkylation sites (N-methyl/N-ethyl adjacent to an activating group) is 1. The van der Waals surface area contributed by atoms with Crippen LogP contribution in [-0.2, 0) is 0 Å². The molecule has 0 saturated carbocycles. The number of hydrogen-bond acceptors (Lipinski definition) is 5. The van der Waals surface area contributed by atoms with E-state index in [2.05, 4.69) is 15.5 Å². The number of benzene rings is 1. The largest absolute Gasteiger partial charge is 0.493 e. The smallest absolute Gasteiger partial charge is 0.195 e. The minimum atomic E-state index is 0. The highest BCUT2D eigenvalue weighted by Gasteiger charge is 2.17. The van der Waals surface area contributed by atoms with Gasteiger partial charge in [0, 0.05) is 18.3 Å². The highest BCUT2D eigenvalue weighted by Crippen LogP contribution is 2.30. The number of nitrogens with one attached hydrogen (secondary N) is 2. The van der Waals surface area contributed by atoms with Crippen LogP contribution >= 0.6 is 24.0 Å². The molecule has 1 aromatic carbocycles. The van der Waals surface area contributed by atoms with Crippen molar-refractivity contribution in [1.82, 2.24) is 10.2 Å². The summed E-state index contributed by atoms with van der Waals surface area (Å²) < 4.78 is 16.5. The number of rotatable bonds is 9. The molecule has 8 heteroatoms. The molecule has 2 N–H and O–H groups in total. The maximum atomic E-state index is 5.57. The first-order valence-corrected chi connectivity index (χ1v) is 9.15. The van der Waals surface area contributed by atoms with E-state index in [0.29, 0.717) is 24.9 Å². The van der Waals surface area contributed by atoms with Crippen LogP contribution in [-0.4, -0.2) is 51.8 Å². The molecular weight excluding hydrogens is 471 g/mol. The van der Waals surface area contributed by atoms with E-state index < -0.39 is 0 Å². The third-order valence-electron chi connectivity index (χ3n) is 3.99. The molecule has 1 atom stereocenters. The molecule has 1 unspecified atom stereocenters. The van der Waals surface area contributed by atoms with Crippen molar-refractivity contribution in [3.63, 3.8) is 0 Å². The Balaban J connectivity index is 0.00000392. The average molecular weight is 502 g/mol. The molecule has 0 saturated heterocycles. The first-order valence-electron chi connectivity index (χ1n) is 9.15. The Morgan fingerprint density at radius 3 is 2.57 bits per heavy atom. The van der Waals surface area contributed by atoms with Gasteiger partial charge in [-0.25, -0.2) is 0 Å². The molecule has 1 aromatic heterocycles. The molecule has 2 rings (SSSR count). The van der Waals surface area contributed by atoms with Crippen LogP contribution in [0.2, 0.25) is 0 Å². The van der Waals surface area contributed by atoms with Gasteiger partial charge in [0.05, 0.1) is 32.6 Å². The van der Waals surface area contributed by atoms with E-state index in [1.807, 2.05) is 58.3 Å². The molecule has 0 bridgehead atoms. The summed E-state index contributed by atoms with van der Waals surface area (Å²) in [5.74, 6) is 2.99. The van der Waals surface area contributed by atoms with Crippen LogP contribution < -0.4 is 20.1 Å². The fourth-order valence-corrected chi connectivity index (χ4v) is 2.63. The third kappa shape index (κ3) is 6.90. The van der Waals surface area contributed by atoms with E-state index in [1.54, 1.807) is 13.4 Å². The van der Waals surface area contributed by atoms with Crippen molar-refractivity contribution in [2.24, 2.45) is 4.99 Å². The lowest BCUT2D eigenvalue weighted by molar-refractivity contribution is 0.265. The standard InChI is InChI=1S/C20H30N4O3.HI/c1-6-21-20(22-14-16(24(3)4)17-9-8-12-27-17)23-15-10-11-18(26-7-2)19(13-15)25-5;/h8-13,16H,6-7,14H2,1-5H3,(H2,21,22,23);1H. The summed E-state index contributed by atoms with van der Waals surface area (Å²) in [7, 11) is 5.66.